The number of pyridine rings is 1. The van der Waals surface area contributed by atoms with Crippen molar-refractivity contribution in [1.82, 2.24) is 15.0 Å². The third-order valence-electron chi connectivity index (χ3n) is 3.97. The SMILES string of the molecule is Cc1cc(Oc2ccc3c(c2)CCC3=O)nc(-c2cccnc2)n1. The number of aryl methyl sites for hydroxylation is 2. The van der Waals surface area contributed by atoms with Crippen molar-refractivity contribution in [2.45, 2.75) is 19.8 Å². The van der Waals surface area contributed by atoms with Gasteiger partial charge in [0, 0.05) is 41.7 Å². The quantitative estimate of drug-likeness (QED) is 0.735. The molecule has 0 aliphatic heterocycles. The largest absolute Gasteiger partial charge is 0.439 e. The van der Waals surface area contributed by atoms with Crippen LogP contribution in [-0.4, -0.2) is 20.7 Å². The van der Waals surface area contributed by atoms with E-state index in [1.54, 1.807) is 18.5 Å². The fraction of sp³-hybridized carbons (Fsp3) is 0.158. The topological polar surface area (TPSA) is 65.0 Å². The number of hydrogen-bond acceptors (Lipinski definition) is 5. The third kappa shape index (κ3) is 2.76. The fourth-order valence-electron chi connectivity index (χ4n) is 2.83. The first-order valence-corrected chi connectivity index (χ1v) is 7.79. The second-order valence-corrected chi connectivity index (χ2v) is 5.76. The Kier molecular flexibility index (Phi) is 3.54. The second-order valence-electron chi connectivity index (χ2n) is 5.76. The minimum absolute atomic E-state index is 0.202. The molecule has 0 amide bonds. The number of hydrogen-bond donors (Lipinski definition) is 0. The van der Waals surface area contributed by atoms with Gasteiger partial charge in [-0.1, -0.05) is 0 Å². The first-order chi connectivity index (χ1) is 11.7. The molecule has 1 aliphatic rings. The summed E-state index contributed by atoms with van der Waals surface area (Å²) in [6.07, 6.45) is 4.79. The number of fused-ring (bicyclic) bond motifs is 1. The number of nitrogens with zero attached hydrogens (tertiary/aromatic N) is 3. The molecule has 4 rings (SSSR count). The zero-order valence-electron chi connectivity index (χ0n) is 13.2. The van der Waals surface area contributed by atoms with Crippen molar-refractivity contribution in [3.8, 4) is 23.0 Å². The van der Waals surface area contributed by atoms with Gasteiger partial charge in [0.15, 0.2) is 11.6 Å². The minimum Gasteiger partial charge on any atom is -0.439 e. The van der Waals surface area contributed by atoms with Gasteiger partial charge in [0.05, 0.1) is 0 Å². The second kappa shape index (κ2) is 5.85. The molecule has 2 aromatic heterocycles. The van der Waals surface area contributed by atoms with E-state index in [1.807, 2.05) is 37.3 Å². The Bertz CT molecular complexity index is 923. The molecule has 0 unspecified atom stereocenters. The van der Waals surface area contributed by atoms with Crippen molar-refractivity contribution >= 4 is 5.78 Å². The van der Waals surface area contributed by atoms with Crippen molar-refractivity contribution < 1.29 is 9.53 Å². The summed E-state index contributed by atoms with van der Waals surface area (Å²) >= 11 is 0. The lowest BCUT2D eigenvalue weighted by atomic mass is 10.1. The molecule has 2 heterocycles. The summed E-state index contributed by atoms with van der Waals surface area (Å²) in [4.78, 5) is 24.7. The summed E-state index contributed by atoms with van der Waals surface area (Å²) in [5, 5.41) is 0. The Morgan fingerprint density at radius 1 is 1.08 bits per heavy atom. The highest BCUT2D eigenvalue weighted by Crippen LogP contribution is 2.29. The highest BCUT2D eigenvalue weighted by atomic mass is 16.5. The molecule has 0 N–H and O–H groups in total. The van der Waals surface area contributed by atoms with Gasteiger partial charge in [0.1, 0.15) is 5.75 Å². The van der Waals surface area contributed by atoms with Gasteiger partial charge in [-0.15, -0.1) is 0 Å². The van der Waals surface area contributed by atoms with E-state index in [-0.39, 0.29) is 5.78 Å². The summed E-state index contributed by atoms with van der Waals surface area (Å²) in [7, 11) is 0. The lowest BCUT2D eigenvalue weighted by Crippen LogP contribution is -1.97. The van der Waals surface area contributed by atoms with Crippen molar-refractivity contribution in [3.05, 3.63) is 65.6 Å². The standard InChI is InChI=1S/C19H15N3O2/c1-12-9-18(22-19(21-12)14-3-2-8-20-11-14)24-15-5-6-16-13(10-15)4-7-17(16)23/h2-3,5-6,8-11H,4,7H2,1H3. The molecule has 0 spiro atoms. The van der Waals surface area contributed by atoms with Gasteiger partial charge in [0.2, 0.25) is 5.88 Å². The zero-order valence-corrected chi connectivity index (χ0v) is 13.2. The van der Waals surface area contributed by atoms with Crippen LogP contribution in [-0.2, 0) is 6.42 Å². The molecular weight excluding hydrogens is 302 g/mol. The van der Waals surface area contributed by atoms with Gasteiger partial charge in [-0.25, -0.2) is 4.98 Å². The lowest BCUT2D eigenvalue weighted by molar-refractivity contribution is 0.0994. The van der Waals surface area contributed by atoms with E-state index < -0.39 is 0 Å². The van der Waals surface area contributed by atoms with Crippen LogP contribution in [0.4, 0.5) is 0 Å². The van der Waals surface area contributed by atoms with Crippen LogP contribution >= 0.6 is 0 Å². The van der Waals surface area contributed by atoms with Crippen molar-refractivity contribution in [3.63, 3.8) is 0 Å². The summed E-state index contributed by atoms with van der Waals surface area (Å²) in [5.41, 5.74) is 3.49. The molecule has 0 saturated carbocycles. The average Bonchev–Trinajstić information content (AvgIpc) is 2.96. The number of carbonyl (C=O) groups is 1. The van der Waals surface area contributed by atoms with Crippen LogP contribution in [0.1, 0.15) is 28.0 Å². The highest BCUT2D eigenvalue weighted by Gasteiger charge is 2.19. The molecule has 1 aromatic carbocycles. The monoisotopic (exact) mass is 317 g/mol. The fourth-order valence-corrected chi connectivity index (χ4v) is 2.83. The Hall–Kier alpha value is -3.08. The molecule has 0 radical (unpaired) electrons. The number of Topliss-reactive ketones (excluding diaryl/α,β-unsaturated/α-hetero) is 1. The van der Waals surface area contributed by atoms with Gasteiger partial charge in [-0.05, 0) is 49.2 Å². The van der Waals surface area contributed by atoms with E-state index in [4.69, 9.17) is 4.74 Å². The number of ether oxygens (including phenoxy) is 1. The van der Waals surface area contributed by atoms with Crippen LogP contribution in [0.15, 0.2) is 48.8 Å². The van der Waals surface area contributed by atoms with E-state index >= 15 is 0 Å². The van der Waals surface area contributed by atoms with E-state index in [1.165, 1.54) is 0 Å². The predicted octanol–water partition coefficient (Wildman–Crippen LogP) is 3.77. The first kappa shape index (κ1) is 14.5. The van der Waals surface area contributed by atoms with Gasteiger partial charge in [0.25, 0.3) is 0 Å². The summed E-state index contributed by atoms with van der Waals surface area (Å²) < 4.78 is 5.90. The Morgan fingerprint density at radius 3 is 2.83 bits per heavy atom. The van der Waals surface area contributed by atoms with Crippen molar-refractivity contribution in [2.75, 3.05) is 0 Å². The van der Waals surface area contributed by atoms with Crippen LogP contribution in [0.3, 0.4) is 0 Å². The third-order valence-corrected chi connectivity index (χ3v) is 3.97. The lowest BCUT2D eigenvalue weighted by Gasteiger charge is -2.09. The molecule has 1 aliphatic carbocycles. The van der Waals surface area contributed by atoms with Gasteiger partial charge in [-0.3, -0.25) is 9.78 Å². The number of rotatable bonds is 3. The molecule has 0 bridgehead atoms. The predicted molar refractivity (Wildman–Crippen MR) is 89.2 cm³/mol. The Labute approximate surface area is 139 Å². The van der Waals surface area contributed by atoms with Gasteiger partial charge < -0.3 is 4.74 Å². The zero-order chi connectivity index (χ0) is 16.5. The molecule has 118 valence electrons. The highest BCUT2D eigenvalue weighted by molar-refractivity contribution is 6.00. The van der Waals surface area contributed by atoms with E-state index in [9.17, 15) is 4.79 Å². The molecule has 5 nitrogen and oxygen atoms in total. The molecule has 0 fully saturated rings. The Balaban J connectivity index is 1.66. The molecule has 0 atom stereocenters. The molecule has 3 aromatic rings. The van der Waals surface area contributed by atoms with Crippen LogP contribution < -0.4 is 4.74 Å². The number of carbonyl (C=O) groups excluding carboxylic acids is 1. The summed E-state index contributed by atoms with van der Waals surface area (Å²) in [6, 6.07) is 11.1. The summed E-state index contributed by atoms with van der Waals surface area (Å²) in [6.45, 7) is 1.90. The van der Waals surface area contributed by atoms with E-state index in [0.29, 0.717) is 23.9 Å². The van der Waals surface area contributed by atoms with Gasteiger partial charge >= 0.3 is 0 Å². The summed E-state index contributed by atoms with van der Waals surface area (Å²) in [5.74, 6) is 1.94. The maximum absolute atomic E-state index is 11.7. The minimum atomic E-state index is 0.202. The number of aromatic nitrogens is 3. The molecule has 5 heteroatoms. The van der Waals surface area contributed by atoms with Crippen LogP contribution in [0, 0.1) is 6.92 Å². The van der Waals surface area contributed by atoms with Crippen LogP contribution in [0.2, 0.25) is 0 Å². The van der Waals surface area contributed by atoms with Crippen LogP contribution in [0.25, 0.3) is 11.4 Å². The normalized spacial score (nSPS) is 13.0. The number of ketones is 1. The average molecular weight is 317 g/mol. The van der Waals surface area contributed by atoms with Crippen LogP contribution in [0.5, 0.6) is 11.6 Å². The van der Waals surface area contributed by atoms with Gasteiger partial charge in [-0.2, -0.15) is 4.98 Å². The maximum Gasteiger partial charge on any atom is 0.223 e. The molecule has 0 saturated heterocycles. The maximum atomic E-state index is 11.7. The van der Waals surface area contributed by atoms with E-state index in [0.717, 1.165) is 28.8 Å². The van der Waals surface area contributed by atoms with Crippen molar-refractivity contribution in [1.29, 1.82) is 0 Å². The smallest absolute Gasteiger partial charge is 0.223 e. The first-order valence-electron chi connectivity index (χ1n) is 7.79. The Morgan fingerprint density at radius 2 is 2.00 bits per heavy atom. The van der Waals surface area contributed by atoms with Crippen molar-refractivity contribution in [2.24, 2.45) is 0 Å². The molecule has 24 heavy (non-hydrogen) atoms. The van der Waals surface area contributed by atoms with E-state index in [2.05, 4.69) is 15.0 Å². The number of benzene rings is 1. The molecular formula is C19H15N3O2.